The van der Waals surface area contributed by atoms with E-state index in [4.69, 9.17) is 0 Å². The van der Waals surface area contributed by atoms with Crippen molar-refractivity contribution >= 4 is 22.8 Å². The molecule has 0 spiro atoms. The molecule has 1 saturated heterocycles. The fourth-order valence-electron chi connectivity index (χ4n) is 3.95. The third-order valence-electron chi connectivity index (χ3n) is 5.45. The Morgan fingerprint density at radius 2 is 1.74 bits per heavy atom. The average Bonchev–Trinajstić information content (AvgIpc) is 2.88. The Hall–Kier alpha value is -2.89. The van der Waals surface area contributed by atoms with Gasteiger partial charge in [0.05, 0.1) is 0 Å². The van der Waals surface area contributed by atoms with E-state index in [1.165, 1.54) is 16.5 Å². The van der Waals surface area contributed by atoms with E-state index < -0.39 is 0 Å². The monoisotopic (exact) mass is 363 g/mol. The second-order valence-electron chi connectivity index (χ2n) is 7.26. The van der Waals surface area contributed by atoms with Crippen molar-refractivity contribution in [3.63, 3.8) is 0 Å². The third kappa shape index (κ3) is 3.16. The molecule has 0 unspecified atom stereocenters. The molecule has 0 atom stereocenters. The molecule has 140 valence electrons. The SMILES string of the molecule is Cc1ccc(C)c2c(C)c(C(=O)N3CCCN(c4ncccn4)CC3)[nH]c12. The summed E-state index contributed by atoms with van der Waals surface area (Å²) in [6.07, 6.45) is 4.42. The Labute approximate surface area is 159 Å². The molecule has 3 aromatic rings. The largest absolute Gasteiger partial charge is 0.350 e. The lowest BCUT2D eigenvalue weighted by Gasteiger charge is -2.22. The standard InChI is InChI=1S/C21H25N5O/c1-14-6-7-15(2)18-17(14)16(3)19(24-18)20(27)25-10-5-11-26(13-12-25)21-22-8-4-9-23-21/h4,6-9,24H,5,10-13H2,1-3H3. The van der Waals surface area contributed by atoms with Crippen LogP contribution in [0.1, 0.15) is 33.6 Å². The fourth-order valence-corrected chi connectivity index (χ4v) is 3.95. The number of carbonyl (C=O) groups is 1. The molecule has 1 N–H and O–H groups in total. The predicted octanol–water partition coefficient (Wildman–Crippen LogP) is 3.24. The minimum Gasteiger partial charge on any atom is -0.350 e. The molecule has 1 aromatic carbocycles. The zero-order chi connectivity index (χ0) is 19.0. The number of aromatic nitrogens is 3. The van der Waals surface area contributed by atoms with Crippen molar-refractivity contribution in [1.82, 2.24) is 19.9 Å². The number of benzene rings is 1. The van der Waals surface area contributed by atoms with E-state index in [9.17, 15) is 4.79 Å². The number of amides is 1. The minimum absolute atomic E-state index is 0.0818. The fraction of sp³-hybridized carbons (Fsp3) is 0.381. The molecule has 3 heterocycles. The average molecular weight is 363 g/mol. The van der Waals surface area contributed by atoms with Crippen molar-refractivity contribution in [2.75, 3.05) is 31.1 Å². The summed E-state index contributed by atoms with van der Waals surface area (Å²) in [6, 6.07) is 6.04. The van der Waals surface area contributed by atoms with Crippen LogP contribution in [-0.4, -0.2) is 51.9 Å². The number of hydrogen-bond donors (Lipinski definition) is 1. The number of carbonyl (C=O) groups excluding carboxylic acids is 1. The number of fused-ring (bicyclic) bond motifs is 1. The normalized spacial score (nSPS) is 15.2. The van der Waals surface area contributed by atoms with E-state index in [-0.39, 0.29) is 5.91 Å². The summed E-state index contributed by atoms with van der Waals surface area (Å²) in [4.78, 5) is 29.4. The molecule has 0 bridgehead atoms. The summed E-state index contributed by atoms with van der Waals surface area (Å²) in [5, 5.41) is 1.17. The van der Waals surface area contributed by atoms with E-state index in [0.29, 0.717) is 12.2 Å². The number of rotatable bonds is 2. The van der Waals surface area contributed by atoms with Gasteiger partial charge < -0.3 is 14.8 Å². The van der Waals surface area contributed by atoms with Gasteiger partial charge in [0.2, 0.25) is 5.95 Å². The van der Waals surface area contributed by atoms with Crippen molar-refractivity contribution in [2.24, 2.45) is 0 Å². The van der Waals surface area contributed by atoms with Crippen LogP contribution in [0.4, 0.5) is 5.95 Å². The Morgan fingerprint density at radius 3 is 2.48 bits per heavy atom. The van der Waals surface area contributed by atoms with Crippen LogP contribution < -0.4 is 4.90 Å². The lowest BCUT2D eigenvalue weighted by molar-refractivity contribution is 0.0761. The molecule has 1 fully saturated rings. The van der Waals surface area contributed by atoms with Crippen LogP contribution in [0.2, 0.25) is 0 Å². The molecule has 0 aliphatic carbocycles. The topological polar surface area (TPSA) is 65.1 Å². The second kappa shape index (κ2) is 7.02. The van der Waals surface area contributed by atoms with E-state index in [1.807, 2.05) is 17.9 Å². The maximum absolute atomic E-state index is 13.3. The van der Waals surface area contributed by atoms with Crippen molar-refractivity contribution in [2.45, 2.75) is 27.2 Å². The van der Waals surface area contributed by atoms with Gasteiger partial charge in [-0.1, -0.05) is 12.1 Å². The van der Waals surface area contributed by atoms with E-state index in [0.717, 1.165) is 43.1 Å². The molecule has 4 rings (SSSR count). The van der Waals surface area contributed by atoms with Gasteiger partial charge in [-0.05, 0) is 49.9 Å². The van der Waals surface area contributed by atoms with Crippen molar-refractivity contribution in [3.8, 4) is 0 Å². The van der Waals surface area contributed by atoms with Crippen molar-refractivity contribution < 1.29 is 4.79 Å². The van der Waals surface area contributed by atoms with Gasteiger partial charge in [0.25, 0.3) is 5.91 Å². The highest BCUT2D eigenvalue weighted by atomic mass is 16.2. The summed E-state index contributed by atoms with van der Waals surface area (Å²) in [5.41, 5.74) is 5.20. The first kappa shape index (κ1) is 17.5. The zero-order valence-electron chi connectivity index (χ0n) is 16.1. The van der Waals surface area contributed by atoms with Crippen molar-refractivity contribution in [3.05, 3.63) is 53.0 Å². The quantitative estimate of drug-likeness (QED) is 0.759. The minimum atomic E-state index is 0.0818. The Balaban J connectivity index is 1.58. The van der Waals surface area contributed by atoms with Crippen molar-refractivity contribution in [1.29, 1.82) is 0 Å². The summed E-state index contributed by atoms with van der Waals surface area (Å²) in [7, 11) is 0. The molecular formula is C21H25N5O. The van der Waals surface area contributed by atoms with Gasteiger partial charge in [-0.15, -0.1) is 0 Å². The number of nitrogens with one attached hydrogen (secondary N) is 1. The van der Waals surface area contributed by atoms with Gasteiger partial charge in [-0.2, -0.15) is 0 Å². The lowest BCUT2D eigenvalue weighted by atomic mass is 10.0. The van der Waals surface area contributed by atoms with Gasteiger partial charge in [0.15, 0.2) is 0 Å². The summed E-state index contributed by atoms with van der Waals surface area (Å²) >= 11 is 0. The number of nitrogens with zero attached hydrogens (tertiary/aromatic N) is 4. The van der Waals surface area contributed by atoms with Crippen LogP contribution in [0.3, 0.4) is 0 Å². The van der Waals surface area contributed by atoms with E-state index >= 15 is 0 Å². The predicted molar refractivity (Wildman–Crippen MR) is 107 cm³/mol. The Morgan fingerprint density at radius 1 is 1.00 bits per heavy atom. The maximum Gasteiger partial charge on any atom is 0.270 e. The van der Waals surface area contributed by atoms with Crippen LogP contribution in [-0.2, 0) is 0 Å². The molecule has 1 amide bonds. The maximum atomic E-state index is 13.3. The molecular weight excluding hydrogens is 338 g/mol. The third-order valence-corrected chi connectivity index (χ3v) is 5.45. The first-order chi connectivity index (χ1) is 13.1. The zero-order valence-corrected chi connectivity index (χ0v) is 16.1. The van der Waals surface area contributed by atoms with Crippen LogP contribution in [0.25, 0.3) is 10.9 Å². The van der Waals surface area contributed by atoms with Crippen LogP contribution in [0.5, 0.6) is 0 Å². The highest BCUT2D eigenvalue weighted by molar-refractivity contribution is 6.02. The van der Waals surface area contributed by atoms with Gasteiger partial charge in [0.1, 0.15) is 5.69 Å². The summed E-state index contributed by atoms with van der Waals surface area (Å²) in [5.74, 6) is 0.818. The molecule has 6 heteroatoms. The summed E-state index contributed by atoms with van der Waals surface area (Å²) < 4.78 is 0. The number of H-pyrrole nitrogens is 1. The van der Waals surface area contributed by atoms with Crippen LogP contribution in [0.15, 0.2) is 30.6 Å². The smallest absolute Gasteiger partial charge is 0.270 e. The first-order valence-corrected chi connectivity index (χ1v) is 9.46. The second-order valence-corrected chi connectivity index (χ2v) is 7.26. The van der Waals surface area contributed by atoms with Gasteiger partial charge in [-0.3, -0.25) is 4.79 Å². The number of aromatic amines is 1. The van der Waals surface area contributed by atoms with Crippen LogP contribution >= 0.6 is 0 Å². The molecule has 27 heavy (non-hydrogen) atoms. The lowest BCUT2D eigenvalue weighted by Crippen LogP contribution is -2.36. The Bertz CT molecular complexity index is 979. The molecule has 2 aromatic heterocycles. The summed E-state index contributed by atoms with van der Waals surface area (Å²) in [6.45, 7) is 9.24. The molecule has 1 aliphatic rings. The van der Waals surface area contributed by atoms with Gasteiger partial charge in [-0.25, -0.2) is 9.97 Å². The Kier molecular flexibility index (Phi) is 4.56. The molecule has 0 radical (unpaired) electrons. The number of aryl methyl sites for hydroxylation is 3. The first-order valence-electron chi connectivity index (χ1n) is 9.46. The number of anilines is 1. The molecule has 0 saturated carbocycles. The number of hydrogen-bond acceptors (Lipinski definition) is 4. The van der Waals surface area contributed by atoms with E-state index in [2.05, 4.69) is 45.8 Å². The van der Waals surface area contributed by atoms with E-state index in [1.54, 1.807) is 12.4 Å². The van der Waals surface area contributed by atoms with Gasteiger partial charge >= 0.3 is 0 Å². The van der Waals surface area contributed by atoms with Crippen LogP contribution in [0, 0.1) is 20.8 Å². The molecule has 6 nitrogen and oxygen atoms in total. The van der Waals surface area contributed by atoms with Gasteiger partial charge in [0, 0.05) is 49.5 Å². The molecule has 1 aliphatic heterocycles. The highest BCUT2D eigenvalue weighted by Gasteiger charge is 2.25. The highest BCUT2D eigenvalue weighted by Crippen LogP contribution is 2.28.